The fourth-order valence-corrected chi connectivity index (χ4v) is 1.69. The molecule has 2 heterocycles. The van der Waals surface area contributed by atoms with E-state index in [2.05, 4.69) is 15.0 Å². The molecule has 4 heteroatoms. The summed E-state index contributed by atoms with van der Waals surface area (Å²) in [5, 5.41) is 0. The molecule has 0 unspecified atom stereocenters. The lowest BCUT2D eigenvalue weighted by molar-refractivity contribution is 0.563. The number of aromatic nitrogens is 3. The number of rotatable bonds is 0. The molecule has 0 aliphatic carbocycles. The van der Waals surface area contributed by atoms with Gasteiger partial charge in [0, 0.05) is 6.92 Å². The van der Waals surface area contributed by atoms with Crippen molar-refractivity contribution in [2.45, 2.75) is 13.8 Å². The van der Waals surface area contributed by atoms with Crippen LogP contribution in [0.3, 0.4) is 0 Å². The number of nitrogens with one attached hydrogen (secondary N) is 1. The fraction of sp³-hybridized carbons (Fsp3) is 0.200. The standard InChI is InChI=1S/C10H9N3O/c1-5-11-7-3-4-8-10(9(7)12-5)14-6(2)13-8/h3-4H,1-2H3,(H,11,12). The highest BCUT2D eigenvalue weighted by Crippen LogP contribution is 2.23. The molecular formula is C10H9N3O. The molecule has 0 atom stereocenters. The van der Waals surface area contributed by atoms with Crippen molar-refractivity contribution >= 4 is 22.1 Å². The van der Waals surface area contributed by atoms with Crippen molar-refractivity contribution in [3.63, 3.8) is 0 Å². The van der Waals surface area contributed by atoms with Crippen LogP contribution in [0.25, 0.3) is 22.1 Å². The van der Waals surface area contributed by atoms with Gasteiger partial charge in [0.25, 0.3) is 0 Å². The summed E-state index contributed by atoms with van der Waals surface area (Å²) >= 11 is 0. The molecule has 4 nitrogen and oxygen atoms in total. The molecule has 1 aromatic carbocycles. The highest BCUT2D eigenvalue weighted by atomic mass is 16.3. The number of benzene rings is 1. The van der Waals surface area contributed by atoms with Crippen molar-refractivity contribution in [2.24, 2.45) is 0 Å². The Labute approximate surface area is 80.0 Å². The number of oxazole rings is 1. The second-order valence-electron chi connectivity index (χ2n) is 3.37. The van der Waals surface area contributed by atoms with Gasteiger partial charge in [0.1, 0.15) is 16.9 Å². The van der Waals surface area contributed by atoms with Crippen LogP contribution >= 0.6 is 0 Å². The van der Waals surface area contributed by atoms with Gasteiger partial charge in [-0.15, -0.1) is 0 Å². The van der Waals surface area contributed by atoms with Gasteiger partial charge in [0.15, 0.2) is 11.5 Å². The van der Waals surface area contributed by atoms with E-state index in [0.717, 1.165) is 28.0 Å². The minimum absolute atomic E-state index is 0.674. The van der Waals surface area contributed by atoms with Gasteiger partial charge in [-0.2, -0.15) is 0 Å². The third-order valence-electron chi connectivity index (χ3n) is 2.23. The summed E-state index contributed by atoms with van der Waals surface area (Å²) in [6.45, 7) is 3.76. The summed E-state index contributed by atoms with van der Waals surface area (Å²) in [4.78, 5) is 11.8. The summed E-state index contributed by atoms with van der Waals surface area (Å²) in [7, 11) is 0. The van der Waals surface area contributed by atoms with E-state index < -0.39 is 0 Å². The van der Waals surface area contributed by atoms with Crippen LogP contribution in [0.5, 0.6) is 0 Å². The predicted octanol–water partition coefficient (Wildman–Crippen LogP) is 2.32. The number of hydrogen-bond acceptors (Lipinski definition) is 3. The topological polar surface area (TPSA) is 54.7 Å². The van der Waals surface area contributed by atoms with E-state index >= 15 is 0 Å². The van der Waals surface area contributed by atoms with Crippen molar-refractivity contribution in [1.82, 2.24) is 15.0 Å². The third-order valence-corrected chi connectivity index (χ3v) is 2.23. The van der Waals surface area contributed by atoms with Crippen molar-refractivity contribution in [2.75, 3.05) is 0 Å². The molecule has 3 rings (SSSR count). The summed E-state index contributed by atoms with van der Waals surface area (Å²) in [5.74, 6) is 1.56. The first-order chi connectivity index (χ1) is 6.74. The Bertz CT molecular complexity index is 565. The molecule has 2 aromatic heterocycles. The monoisotopic (exact) mass is 187 g/mol. The highest BCUT2D eigenvalue weighted by Gasteiger charge is 2.09. The maximum absolute atomic E-state index is 5.50. The first kappa shape index (κ1) is 7.55. The number of aromatic amines is 1. The van der Waals surface area contributed by atoms with Gasteiger partial charge in [-0.1, -0.05) is 0 Å². The zero-order valence-electron chi connectivity index (χ0n) is 7.96. The molecule has 0 spiro atoms. The van der Waals surface area contributed by atoms with Gasteiger partial charge in [-0.3, -0.25) is 0 Å². The number of hydrogen-bond donors (Lipinski definition) is 1. The first-order valence-corrected chi connectivity index (χ1v) is 4.46. The lowest BCUT2D eigenvalue weighted by Gasteiger charge is -1.86. The van der Waals surface area contributed by atoms with Crippen LogP contribution < -0.4 is 0 Å². The van der Waals surface area contributed by atoms with E-state index in [1.807, 2.05) is 26.0 Å². The van der Waals surface area contributed by atoms with Gasteiger partial charge >= 0.3 is 0 Å². The van der Waals surface area contributed by atoms with Gasteiger partial charge in [-0.25, -0.2) is 9.97 Å². The minimum Gasteiger partial charge on any atom is -0.439 e. The van der Waals surface area contributed by atoms with Crippen LogP contribution in [-0.4, -0.2) is 15.0 Å². The van der Waals surface area contributed by atoms with Crippen LogP contribution in [-0.2, 0) is 0 Å². The minimum atomic E-state index is 0.674. The predicted molar refractivity (Wildman–Crippen MR) is 53.1 cm³/mol. The van der Waals surface area contributed by atoms with E-state index in [4.69, 9.17) is 4.42 Å². The van der Waals surface area contributed by atoms with Gasteiger partial charge < -0.3 is 9.40 Å². The number of imidazole rings is 1. The quantitative estimate of drug-likeness (QED) is 0.587. The Morgan fingerprint density at radius 1 is 1.21 bits per heavy atom. The van der Waals surface area contributed by atoms with Crippen molar-refractivity contribution in [3.05, 3.63) is 23.8 Å². The van der Waals surface area contributed by atoms with Crippen LogP contribution in [0.15, 0.2) is 16.5 Å². The van der Waals surface area contributed by atoms with Gasteiger partial charge in [0.05, 0.1) is 5.52 Å². The normalized spacial score (nSPS) is 11.6. The lowest BCUT2D eigenvalue weighted by Crippen LogP contribution is -1.71. The Morgan fingerprint density at radius 2 is 2.07 bits per heavy atom. The number of H-pyrrole nitrogens is 1. The molecule has 0 aliphatic rings. The second-order valence-corrected chi connectivity index (χ2v) is 3.37. The maximum Gasteiger partial charge on any atom is 0.192 e. The Morgan fingerprint density at radius 3 is 2.93 bits per heavy atom. The zero-order chi connectivity index (χ0) is 9.71. The summed E-state index contributed by atoms with van der Waals surface area (Å²) in [5.41, 5.74) is 3.48. The van der Waals surface area contributed by atoms with Gasteiger partial charge in [0.2, 0.25) is 0 Å². The van der Waals surface area contributed by atoms with Crippen LogP contribution in [0.2, 0.25) is 0 Å². The molecule has 70 valence electrons. The Kier molecular flexibility index (Phi) is 1.27. The van der Waals surface area contributed by atoms with E-state index in [1.54, 1.807) is 0 Å². The number of aryl methyl sites for hydroxylation is 2. The fourth-order valence-electron chi connectivity index (χ4n) is 1.69. The summed E-state index contributed by atoms with van der Waals surface area (Å²) < 4.78 is 5.50. The van der Waals surface area contributed by atoms with E-state index in [0.29, 0.717) is 5.89 Å². The number of nitrogens with zero attached hydrogens (tertiary/aromatic N) is 2. The van der Waals surface area contributed by atoms with E-state index in [-0.39, 0.29) is 0 Å². The van der Waals surface area contributed by atoms with Crippen molar-refractivity contribution < 1.29 is 4.42 Å². The lowest BCUT2D eigenvalue weighted by atomic mass is 10.3. The zero-order valence-corrected chi connectivity index (χ0v) is 7.96. The first-order valence-electron chi connectivity index (χ1n) is 4.46. The average Bonchev–Trinajstić information content (AvgIpc) is 2.65. The van der Waals surface area contributed by atoms with Crippen LogP contribution in [0, 0.1) is 13.8 Å². The van der Waals surface area contributed by atoms with Crippen LogP contribution in [0.4, 0.5) is 0 Å². The van der Waals surface area contributed by atoms with E-state index in [1.165, 1.54) is 0 Å². The molecule has 1 N–H and O–H groups in total. The van der Waals surface area contributed by atoms with E-state index in [9.17, 15) is 0 Å². The molecule has 0 fully saturated rings. The molecule has 0 saturated heterocycles. The molecule has 0 radical (unpaired) electrons. The van der Waals surface area contributed by atoms with Crippen LogP contribution in [0.1, 0.15) is 11.7 Å². The van der Waals surface area contributed by atoms with Crippen molar-refractivity contribution in [3.8, 4) is 0 Å². The average molecular weight is 187 g/mol. The molecule has 0 aliphatic heterocycles. The third kappa shape index (κ3) is 0.878. The molecule has 0 amide bonds. The molecule has 14 heavy (non-hydrogen) atoms. The maximum atomic E-state index is 5.50. The molecule has 0 saturated carbocycles. The smallest absolute Gasteiger partial charge is 0.192 e. The highest BCUT2D eigenvalue weighted by molar-refractivity contribution is 5.98. The second kappa shape index (κ2) is 2.35. The molecular weight excluding hydrogens is 178 g/mol. The number of fused-ring (bicyclic) bond motifs is 3. The molecule has 0 bridgehead atoms. The van der Waals surface area contributed by atoms with Crippen molar-refractivity contribution in [1.29, 1.82) is 0 Å². The largest absolute Gasteiger partial charge is 0.439 e. The summed E-state index contributed by atoms with van der Waals surface area (Å²) in [6.07, 6.45) is 0. The Hall–Kier alpha value is -1.84. The Balaban J connectivity index is 2.58. The summed E-state index contributed by atoms with van der Waals surface area (Å²) in [6, 6.07) is 3.91. The van der Waals surface area contributed by atoms with Gasteiger partial charge in [-0.05, 0) is 19.1 Å². The SMILES string of the molecule is Cc1nc2c(ccc3nc(C)oc32)[nH]1. The molecule has 3 aromatic rings.